The van der Waals surface area contributed by atoms with Crippen molar-refractivity contribution in [1.82, 2.24) is 19.6 Å². The van der Waals surface area contributed by atoms with E-state index < -0.39 is 6.93 Å². The van der Waals surface area contributed by atoms with E-state index in [2.05, 4.69) is 34.9 Å². The topological polar surface area (TPSA) is 104 Å². The van der Waals surface area contributed by atoms with Gasteiger partial charge in [0.05, 0.1) is 11.1 Å². The van der Waals surface area contributed by atoms with Crippen LogP contribution in [0.25, 0.3) is 11.1 Å². The summed E-state index contributed by atoms with van der Waals surface area (Å²) in [4.78, 5) is 19.1. The molecule has 1 aliphatic carbocycles. The molecule has 1 unspecified atom stereocenters. The number of amides is 1. The number of alkyl halides is 2. The lowest BCUT2D eigenvalue weighted by atomic mass is 9.60. The summed E-state index contributed by atoms with van der Waals surface area (Å²) in [6, 6.07) is 3.00. The number of benzene rings is 1. The summed E-state index contributed by atoms with van der Waals surface area (Å²) in [7, 11) is 0. The number of hydrogen-bond acceptors (Lipinski definition) is 7. The number of carbonyl (C=O) groups excluding carboxylic acids is 1. The Balaban J connectivity index is 0.00000128. The highest BCUT2D eigenvalue weighted by molar-refractivity contribution is 6.35. The molecule has 1 aromatic carbocycles. The summed E-state index contributed by atoms with van der Waals surface area (Å²) < 4.78 is 27.1. The van der Waals surface area contributed by atoms with Crippen molar-refractivity contribution in [2.24, 2.45) is 5.41 Å². The first-order valence-electron chi connectivity index (χ1n) is 15.9. The van der Waals surface area contributed by atoms with Crippen LogP contribution in [0.5, 0.6) is 0 Å². The molecule has 3 N–H and O–H groups in total. The van der Waals surface area contributed by atoms with Crippen molar-refractivity contribution in [3.63, 3.8) is 0 Å². The Morgan fingerprint density at radius 1 is 1.20 bits per heavy atom. The number of nitrogens with one attached hydrogen (secondary N) is 1. The summed E-state index contributed by atoms with van der Waals surface area (Å²) >= 11 is 7.05. The summed E-state index contributed by atoms with van der Waals surface area (Å²) in [5.41, 5.74) is 11.6. The van der Waals surface area contributed by atoms with E-state index in [4.69, 9.17) is 32.6 Å². The fourth-order valence-electron chi connectivity index (χ4n) is 7.90. The van der Waals surface area contributed by atoms with Gasteiger partial charge in [0.15, 0.2) is 5.82 Å². The molecule has 1 amide bonds. The van der Waals surface area contributed by atoms with Crippen LogP contribution in [-0.4, -0.2) is 96.7 Å². The van der Waals surface area contributed by atoms with Crippen LogP contribution in [0.3, 0.4) is 0 Å². The molecule has 2 aromatic rings. The summed E-state index contributed by atoms with van der Waals surface area (Å²) in [5.74, 6) is 0.958. The third-order valence-corrected chi connectivity index (χ3v) is 10.7. The quantitative estimate of drug-likeness (QED) is 0.227. The van der Waals surface area contributed by atoms with Crippen LogP contribution in [0.15, 0.2) is 18.7 Å². The number of likely N-dealkylation sites (tertiary alicyclic amines) is 1. The number of piperazine rings is 1. The maximum atomic E-state index is 12.1. The van der Waals surface area contributed by atoms with E-state index >= 15 is 0 Å². The van der Waals surface area contributed by atoms with Gasteiger partial charge in [-0.3, -0.25) is 14.4 Å². The van der Waals surface area contributed by atoms with Crippen molar-refractivity contribution in [3.05, 3.63) is 40.6 Å². The standard InChI is InChI=1S/C32H44ClN7O2.CH2F2/c1-5-22-17-37(23-7-11-42-12-8-23)9-10-39(22)31-28(29-25(16-34)26(35)13-20(3)30(29)33)21(4)40(36-31)24-14-32(15-24)18-38(19-32)27(41)6-2;2-1-3/h6,13,16,22-24,34H,2,5,7-12,14-15,17-19,35H2,1,3-4H3;1H2. The number of ether oxygens (including phenoxy) is 1. The molecule has 1 saturated carbocycles. The fourth-order valence-corrected chi connectivity index (χ4v) is 8.15. The van der Waals surface area contributed by atoms with Crippen molar-refractivity contribution < 1.29 is 18.3 Å². The van der Waals surface area contributed by atoms with E-state index in [9.17, 15) is 13.6 Å². The monoisotopic (exact) mass is 645 g/mol. The minimum absolute atomic E-state index is 0.0141. The van der Waals surface area contributed by atoms with Crippen LogP contribution < -0.4 is 10.6 Å². The van der Waals surface area contributed by atoms with Gasteiger partial charge in [-0.05, 0) is 63.7 Å². The molecule has 45 heavy (non-hydrogen) atoms. The highest BCUT2D eigenvalue weighted by Crippen LogP contribution is 2.55. The van der Waals surface area contributed by atoms with Gasteiger partial charge < -0.3 is 25.7 Å². The third kappa shape index (κ3) is 6.23. The average molecular weight is 646 g/mol. The van der Waals surface area contributed by atoms with Crippen LogP contribution in [0.4, 0.5) is 20.3 Å². The Kier molecular flexibility index (Phi) is 10.2. The number of hydrogen-bond donors (Lipinski definition) is 2. The Morgan fingerprint density at radius 3 is 2.47 bits per heavy atom. The molecular weight excluding hydrogens is 600 g/mol. The maximum absolute atomic E-state index is 12.1. The zero-order chi connectivity index (χ0) is 32.5. The van der Waals surface area contributed by atoms with Crippen LogP contribution in [0.1, 0.15) is 61.9 Å². The number of nitrogens with two attached hydrogens (primary N) is 1. The molecule has 0 bridgehead atoms. The third-order valence-electron chi connectivity index (χ3n) is 10.2. The van der Waals surface area contributed by atoms with Gasteiger partial charge in [-0.2, -0.15) is 5.10 Å². The van der Waals surface area contributed by atoms with Crippen molar-refractivity contribution in [1.29, 1.82) is 5.41 Å². The average Bonchev–Trinajstić information content (AvgIpc) is 3.33. The van der Waals surface area contributed by atoms with Crippen molar-refractivity contribution in [2.75, 3.05) is 63.5 Å². The van der Waals surface area contributed by atoms with E-state index in [0.717, 1.165) is 106 Å². The zero-order valence-corrected chi connectivity index (χ0v) is 27.4. The molecular formula is C33H46ClF2N7O2. The minimum Gasteiger partial charge on any atom is -0.398 e. The molecule has 4 heterocycles. The highest BCUT2D eigenvalue weighted by Gasteiger charge is 2.54. The molecule has 246 valence electrons. The number of nitrogen functional groups attached to an aromatic ring is 1. The predicted molar refractivity (Wildman–Crippen MR) is 176 cm³/mol. The lowest BCUT2D eigenvalue weighted by Crippen LogP contribution is -2.63. The SMILES string of the molecule is C=CC(=O)N1CC2(CC(n3nc(N4CCN(C5CCOCC5)CC4CC)c(-c4c(Cl)c(C)cc(N)c4C=N)c3C)C2)C1.FCF. The van der Waals surface area contributed by atoms with Gasteiger partial charge in [0.1, 0.15) is 0 Å². The Labute approximate surface area is 269 Å². The Morgan fingerprint density at radius 2 is 1.87 bits per heavy atom. The van der Waals surface area contributed by atoms with Crippen molar-refractivity contribution in [3.8, 4) is 11.1 Å². The lowest BCUT2D eigenvalue weighted by Gasteiger charge is -2.58. The maximum Gasteiger partial charge on any atom is 0.245 e. The molecule has 9 nitrogen and oxygen atoms in total. The van der Waals surface area contributed by atoms with Gasteiger partial charge in [0.2, 0.25) is 12.8 Å². The molecule has 1 aromatic heterocycles. The number of carbonyl (C=O) groups is 1. The van der Waals surface area contributed by atoms with E-state index in [1.165, 1.54) is 12.3 Å². The molecule has 1 spiro atoms. The molecule has 3 saturated heterocycles. The van der Waals surface area contributed by atoms with E-state index in [1.54, 1.807) is 0 Å². The van der Waals surface area contributed by atoms with E-state index in [0.29, 0.717) is 28.4 Å². The molecule has 0 radical (unpaired) electrons. The van der Waals surface area contributed by atoms with Gasteiger partial charge in [-0.15, -0.1) is 0 Å². The molecule has 1 atom stereocenters. The van der Waals surface area contributed by atoms with Gasteiger partial charge in [-0.25, -0.2) is 8.78 Å². The number of rotatable bonds is 7. The fraction of sp³-hybridized carbons (Fsp3) is 0.606. The van der Waals surface area contributed by atoms with Crippen molar-refractivity contribution >= 4 is 35.2 Å². The highest BCUT2D eigenvalue weighted by atomic mass is 35.5. The zero-order valence-electron chi connectivity index (χ0n) is 26.6. The second-order valence-electron chi connectivity index (χ2n) is 12.9. The van der Waals surface area contributed by atoms with Gasteiger partial charge >= 0.3 is 0 Å². The van der Waals surface area contributed by atoms with Crippen molar-refractivity contribution in [2.45, 2.75) is 71.0 Å². The molecule has 12 heteroatoms. The van der Waals surface area contributed by atoms with Gasteiger partial charge in [-0.1, -0.05) is 25.1 Å². The summed E-state index contributed by atoms with van der Waals surface area (Å²) in [6.45, 7) is 14.4. The number of nitrogens with zero attached hydrogens (tertiary/aromatic N) is 5. The van der Waals surface area contributed by atoms with Crippen LogP contribution in [0.2, 0.25) is 5.02 Å². The van der Waals surface area contributed by atoms with Gasteiger partial charge in [0.25, 0.3) is 0 Å². The summed E-state index contributed by atoms with van der Waals surface area (Å²) in [6.07, 6.45) is 7.91. The van der Waals surface area contributed by atoms with Crippen LogP contribution in [-0.2, 0) is 9.53 Å². The van der Waals surface area contributed by atoms with Gasteiger partial charge in [0, 0.05) is 97.7 Å². The molecule has 4 fully saturated rings. The number of anilines is 2. The number of aromatic nitrogens is 2. The summed E-state index contributed by atoms with van der Waals surface area (Å²) in [5, 5.41) is 14.3. The first kappa shape index (κ1) is 33.3. The normalized spacial score (nSPS) is 22.0. The number of halogens is 3. The smallest absolute Gasteiger partial charge is 0.245 e. The molecule has 6 rings (SSSR count). The predicted octanol–water partition coefficient (Wildman–Crippen LogP) is 5.71. The lowest BCUT2D eigenvalue weighted by molar-refractivity contribution is -0.149. The number of aryl methyl sites for hydroxylation is 1. The molecule has 4 aliphatic rings. The first-order chi connectivity index (χ1) is 21.6. The largest absolute Gasteiger partial charge is 0.398 e. The second-order valence-corrected chi connectivity index (χ2v) is 13.3. The minimum atomic E-state index is -1.75. The van der Waals surface area contributed by atoms with E-state index in [1.807, 2.05) is 17.9 Å². The first-order valence-corrected chi connectivity index (χ1v) is 16.3. The van der Waals surface area contributed by atoms with E-state index in [-0.39, 0.29) is 17.4 Å². The molecule has 3 aliphatic heterocycles. The Bertz CT molecular complexity index is 1410. The second kappa shape index (κ2) is 13.8. The van der Waals surface area contributed by atoms with Crippen LogP contribution >= 0.6 is 11.6 Å². The van der Waals surface area contributed by atoms with Crippen LogP contribution in [0, 0.1) is 24.7 Å². The Hall–Kier alpha value is -3.02.